The third kappa shape index (κ3) is 1.43. The van der Waals surface area contributed by atoms with Gasteiger partial charge < -0.3 is 0 Å². The molecule has 0 spiro atoms. The molecule has 0 atom stereocenters. The van der Waals surface area contributed by atoms with E-state index in [1.165, 1.54) is 10.9 Å². The van der Waals surface area contributed by atoms with E-state index in [1.54, 1.807) is 7.05 Å². The Balaban J connectivity index is 2.62. The predicted octanol–water partition coefficient (Wildman–Crippen LogP) is 1.99. The second-order valence-electron chi connectivity index (χ2n) is 2.94. The number of hydrogen-bond donors (Lipinski definition) is 0. The van der Waals surface area contributed by atoms with Crippen LogP contribution in [0.3, 0.4) is 0 Å². The first-order valence-corrected chi connectivity index (χ1v) is 3.83. The molecule has 0 bridgehead atoms. The van der Waals surface area contributed by atoms with Gasteiger partial charge in [0, 0.05) is 24.8 Å². The van der Waals surface area contributed by atoms with Gasteiger partial charge in [-0.1, -0.05) is 0 Å². The Morgan fingerprint density at radius 3 is 2.71 bits per heavy atom. The van der Waals surface area contributed by atoms with Crippen LogP contribution >= 0.6 is 0 Å². The number of pyridine rings is 1. The first-order valence-electron chi connectivity index (χ1n) is 3.83. The van der Waals surface area contributed by atoms with Gasteiger partial charge in [0.25, 0.3) is 0 Å². The second-order valence-corrected chi connectivity index (χ2v) is 2.94. The van der Waals surface area contributed by atoms with Crippen LogP contribution < -0.4 is 0 Å². The molecule has 0 aliphatic carbocycles. The average Bonchev–Trinajstić information content (AvgIpc) is 2.41. The van der Waals surface area contributed by atoms with E-state index in [0.29, 0.717) is 11.0 Å². The Kier molecular flexibility index (Phi) is 1.73. The van der Waals surface area contributed by atoms with Gasteiger partial charge in [0.2, 0.25) is 0 Å². The van der Waals surface area contributed by atoms with Crippen molar-refractivity contribution in [3.63, 3.8) is 0 Å². The average molecular weight is 201 g/mol. The van der Waals surface area contributed by atoms with Crippen molar-refractivity contribution in [3.8, 4) is 0 Å². The molecule has 0 aromatic carbocycles. The molecule has 2 aromatic heterocycles. The van der Waals surface area contributed by atoms with Crippen molar-refractivity contribution in [2.75, 3.05) is 0 Å². The van der Waals surface area contributed by atoms with E-state index in [0.717, 1.165) is 12.3 Å². The number of halogens is 3. The summed E-state index contributed by atoms with van der Waals surface area (Å²) in [6.45, 7) is 0. The van der Waals surface area contributed by atoms with Crippen LogP contribution in [-0.4, -0.2) is 14.8 Å². The minimum absolute atomic E-state index is 0.320. The smallest absolute Gasteiger partial charge is 0.273 e. The minimum Gasteiger partial charge on any atom is -0.273 e. The van der Waals surface area contributed by atoms with Crippen LogP contribution in [0.15, 0.2) is 18.5 Å². The van der Waals surface area contributed by atoms with Crippen LogP contribution in [0.2, 0.25) is 0 Å². The maximum absolute atomic E-state index is 12.3. The molecular formula is C8H6F3N3. The van der Waals surface area contributed by atoms with Crippen molar-refractivity contribution in [2.45, 2.75) is 6.18 Å². The van der Waals surface area contributed by atoms with Gasteiger partial charge in [0.05, 0.1) is 5.56 Å². The first kappa shape index (κ1) is 8.98. The zero-order valence-corrected chi connectivity index (χ0v) is 7.21. The van der Waals surface area contributed by atoms with Crippen LogP contribution in [0.4, 0.5) is 13.2 Å². The Morgan fingerprint density at radius 2 is 2.07 bits per heavy atom. The first-order chi connectivity index (χ1) is 6.47. The molecule has 0 aliphatic rings. The number of aromatic nitrogens is 3. The Morgan fingerprint density at radius 1 is 1.36 bits per heavy atom. The van der Waals surface area contributed by atoms with Crippen LogP contribution in [-0.2, 0) is 13.2 Å². The van der Waals surface area contributed by atoms with Gasteiger partial charge in [-0.05, 0) is 6.07 Å². The largest absolute Gasteiger partial charge is 0.417 e. The lowest BCUT2D eigenvalue weighted by molar-refractivity contribution is -0.137. The molecule has 0 saturated heterocycles. The van der Waals surface area contributed by atoms with Crippen molar-refractivity contribution in [1.29, 1.82) is 0 Å². The SMILES string of the molecule is Cn1cc2cc(C(F)(F)F)cnc2n1. The Hall–Kier alpha value is -1.59. The van der Waals surface area contributed by atoms with Gasteiger partial charge in [-0.3, -0.25) is 4.68 Å². The Bertz CT molecular complexity index is 472. The second kappa shape index (κ2) is 2.70. The number of nitrogens with zero attached hydrogens (tertiary/aromatic N) is 3. The zero-order valence-electron chi connectivity index (χ0n) is 7.21. The number of fused-ring (bicyclic) bond motifs is 1. The highest BCUT2D eigenvalue weighted by atomic mass is 19.4. The predicted molar refractivity (Wildman–Crippen MR) is 43.5 cm³/mol. The lowest BCUT2D eigenvalue weighted by Gasteiger charge is -2.04. The number of rotatable bonds is 0. The maximum atomic E-state index is 12.3. The molecular weight excluding hydrogens is 195 g/mol. The fourth-order valence-corrected chi connectivity index (χ4v) is 1.19. The maximum Gasteiger partial charge on any atom is 0.417 e. The monoisotopic (exact) mass is 201 g/mol. The summed E-state index contributed by atoms with van der Waals surface area (Å²) in [5.74, 6) is 0. The number of alkyl halides is 3. The van der Waals surface area contributed by atoms with Crippen LogP contribution in [0.1, 0.15) is 5.56 Å². The van der Waals surface area contributed by atoms with E-state index >= 15 is 0 Å². The van der Waals surface area contributed by atoms with Crippen LogP contribution in [0, 0.1) is 0 Å². The van der Waals surface area contributed by atoms with Gasteiger partial charge in [-0.25, -0.2) is 4.98 Å². The summed E-state index contributed by atoms with van der Waals surface area (Å²) in [7, 11) is 1.63. The Labute approximate surface area is 77.2 Å². The molecule has 3 nitrogen and oxygen atoms in total. The summed E-state index contributed by atoms with van der Waals surface area (Å²) in [6.07, 6.45) is -2.07. The third-order valence-corrected chi connectivity index (χ3v) is 1.80. The highest BCUT2D eigenvalue weighted by molar-refractivity contribution is 5.74. The molecule has 6 heteroatoms. The van der Waals surface area contributed by atoms with Crippen molar-refractivity contribution in [3.05, 3.63) is 24.0 Å². The molecule has 0 amide bonds. The van der Waals surface area contributed by atoms with E-state index in [9.17, 15) is 13.2 Å². The van der Waals surface area contributed by atoms with Gasteiger partial charge in [0.1, 0.15) is 0 Å². The topological polar surface area (TPSA) is 30.7 Å². The molecule has 0 unspecified atom stereocenters. The van der Waals surface area contributed by atoms with Gasteiger partial charge in [-0.2, -0.15) is 18.3 Å². The molecule has 0 N–H and O–H groups in total. The normalized spacial score (nSPS) is 12.3. The summed E-state index contributed by atoms with van der Waals surface area (Å²) in [6, 6.07) is 1.04. The van der Waals surface area contributed by atoms with E-state index in [2.05, 4.69) is 10.1 Å². The van der Waals surface area contributed by atoms with Crippen molar-refractivity contribution >= 4 is 11.0 Å². The van der Waals surface area contributed by atoms with E-state index in [1.807, 2.05) is 0 Å². The standard InChI is InChI=1S/C8H6F3N3/c1-14-4-5-2-6(8(9,10)11)3-12-7(5)13-14/h2-4H,1H3. The zero-order chi connectivity index (χ0) is 10.3. The summed E-state index contributed by atoms with van der Waals surface area (Å²) in [4.78, 5) is 3.62. The van der Waals surface area contributed by atoms with Gasteiger partial charge >= 0.3 is 6.18 Å². The number of hydrogen-bond acceptors (Lipinski definition) is 2. The molecule has 74 valence electrons. The summed E-state index contributed by atoms with van der Waals surface area (Å²) in [5.41, 5.74) is -0.432. The highest BCUT2D eigenvalue weighted by Crippen LogP contribution is 2.29. The molecule has 2 aromatic rings. The molecule has 2 rings (SSSR count). The van der Waals surface area contributed by atoms with E-state index < -0.39 is 11.7 Å². The minimum atomic E-state index is -4.35. The molecule has 0 aliphatic heterocycles. The van der Waals surface area contributed by atoms with Crippen LogP contribution in [0.5, 0.6) is 0 Å². The lowest BCUT2D eigenvalue weighted by Crippen LogP contribution is -2.04. The van der Waals surface area contributed by atoms with Crippen molar-refractivity contribution in [1.82, 2.24) is 14.8 Å². The molecule has 0 fully saturated rings. The molecule has 2 heterocycles. The molecule has 0 saturated carbocycles. The van der Waals surface area contributed by atoms with Crippen LogP contribution in [0.25, 0.3) is 11.0 Å². The summed E-state index contributed by atoms with van der Waals surface area (Å²) in [5, 5.41) is 4.27. The molecule has 14 heavy (non-hydrogen) atoms. The third-order valence-electron chi connectivity index (χ3n) is 1.80. The van der Waals surface area contributed by atoms with E-state index in [4.69, 9.17) is 0 Å². The lowest BCUT2D eigenvalue weighted by atomic mass is 10.2. The number of aryl methyl sites for hydroxylation is 1. The van der Waals surface area contributed by atoms with Gasteiger partial charge in [0.15, 0.2) is 5.65 Å². The highest BCUT2D eigenvalue weighted by Gasteiger charge is 2.31. The fraction of sp³-hybridized carbons (Fsp3) is 0.250. The van der Waals surface area contributed by atoms with Gasteiger partial charge in [-0.15, -0.1) is 0 Å². The van der Waals surface area contributed by atoms with Crippen molar-refractivity contribution < 1.29 is 13.2 Å². The van der Waals surface area contributed by atoms with Crippen molar-refractivity contribution in [2.24, 2.45) is 7.05 Å². The van der Waals surface area contributed by atoms with E-state index in [-0.39, 0.29) is 0 Å². The fourth-order valence-electron chi connectivity index (χ4n) is 1.19. The summed E-state index contributed by atoms with van der Waals surface area (Å²) < 4.78 is 38.2. The quantitative estimate of drug-likeness (QED) is 0.652. The molecule has 0 radical (unpaired) electrons. The summed E-state index contributed by atoms with van der Waals surface area (Å²) >= 11 is 0.